The lowest BCUT2D eigenvalue weighted by atomic mass is 10.0. The number of rotatable bonds is 22. The molecule has 0 saturated carbocycles. The minimum atomic E-state index is -0.700. The number of hydrogen-bond donors (Lipinski definition) is 0. The summed E-state index contributed by atoms with van der Waals surface area (Å²) < 4.78 is 6.50. The lowest BCUT2D eigenvalue weighted by Crippen LogP contribution is -2.33. The van der Waals surface area contributed by atoms with Gasteiger partial charge in [0.25, 0.3) is 5.91 Å². The van der Waals surface area contributed by atoms with E-state index in [-0.39, 0.29) is 23.3 Å². The molecule has 1 atom stereocenters. The van der Waals surface area contributed by atoms with Gasteiger partial charge in [-0.05, 0) is 49.8 Å². The van der Waals surface area contributed by atoms with Gasteiger partial charge in [0.1, 0.15) is 24.0 Å². The Bertz CT molecular complexity index is 1410. The molecule has 0 spiro atoms. The van der Waals surface area contributed by atoms with Crippen LogP contribution in [0.1, 0.15) is 130 Å². The first-order chi connectivity index (χ1) is 23.3. The number of unbranched alkanes of at least 4 members (excludes halogenated alkanes) is 7. The highest BCUT2D eigenvalue weighted by molar-refractivity contribution is 6.13. The minimum Gasteiger partial charge on any atom is -0.493 e. The molecule has 0 radical (unpaired) electrons. The van der Waals surface area contributed by atoms with Crippen molar-refractivity contribution in [1.29, 1.82) is 15.8 Å². The van der Waals surface area contributed by atoms with E-state index < -0.39 is 17.4 Å². The number of nitrogens with zero attached hydrogens (tertiary/aromatic N) is 5. The smallest absolute Gasteiger partial charge is 0.266 e. The van der Waals surface area contributed by atoms with Crippen LogP contribution in [0.2, 0.25) is 0 Å². The van der Waals surface area contributed by atoms with Gasteiger partial charge in [-0.1, -0.05) is 98.5 Å². The van der Waals surface area contributed by atoms with Crippen molar-refractivity contribution in [2.75, 3.05) is 24.6 Å². The first-order valence-electron chi connectivity index (χ1n) is 18.1. The van der Waals surface area contributed by atoms with E-state index in [2.05, 4.69) is 51.7 Å². The number of hydrogen-bond acceptors (Lipinski definition) is 7. The van der Waals surface area contributed by atoms with Crippen molar-refractivity contribution < 1.29 is 14.3 Å². The van der Waals surface area contributed by atoms with Gasteiger partial charge in [0.05, 0.1) is 23.5 Å². The Morgan fingerprint density at radius 1 is 0.875 bits per heavy atom. The van der Waals surface area contributed by atoms with Crippen LogP contribution < -0.4 is 9.64 Å². The van der Waals surface area contributed by atoms with E-state index in [4.69, 9.17) is 4.74 Å². The zero-order valence-electron chi connectivity index (χ0n) is 29.9. The lowest BCUT2D eigenvalue weighted by molar-refractivity contribution is -0.139. The first kappa shape index (κ1) is 39.8. The SMILES string of the molecule is CCCCCCCC(=O)N1C(=O)C(/C=C/c2ccc(N(CCCC)CCCC)cc2OCC(CC)CCCC)=C(C#N)C1=C(C#N)C#N. The fraction of sp³-hybridized carbons (Fsp3) is 0.575. The first-order valence-corrected chi connectivity index (χ1v) is 18.1. The summed E-state index contributed by atoms with van der Waals surface area (Å²) in [5, 5.41) is 29.5. The highest BCUT2D eigenvalue weighted by Crippen LogP contribution is 2.35. The molecule has 2 rings (SSSR count). The molecule has 0 aromatic heterocycles. The fourth-order valence-electron chi connectivity index (χ4n) is 5.76. The maximum Gasteiger partial charge on any atom is 0.266 e. The van der Waals surface area contributed by atoms with Crippen molar-refractivity contribution in [1.82, 2.24) is 4.90 Å². The second-order valence-electron chi connectivity index (χ2n) is 12.5. The molecule has 1 aliphatic rings. The number of allylic oxidation sites excluding steroid dienone is 2. The molecule has 1 aromatic carbocycles. The lowest BCUT2D eigenvalue weighted by Gasteiger charge is -2.26. The molecular formula is C40H55N5O3. The quantitative estimate of drug-likeness (QED) is 0.0902. The summed E-state index contributed by atoms with van der Waals surface area (Å²) in [6.45, 7) is 13.3. The Morgan fingerprint density at radius 2 is 1.52 bits per heavy atom. The molecule has 1 unspecified atom stereocenters. The predicted molar refractivity (Wildman–Crippen MR) is 192 cm³/mol. The fourth-order valence-corrected chi connectivity index (χ4v) is 5.76. The molecule has 8 heteroatoms. The zero-order valence-corrected chi connectivity index (χ0v) is 29.9. The molecule has 1 heterocycles. The molecule has 0 N–H and O–H groups in total. The van der Waals surface area contributed by atoms with Gasteiger partial charge in [0, 0.05) is 36.8 Å². The molecule has 258 valence electrons. The summed E-state index contributed by atoms with van der Waals surface area (Å²) in [6.07, 6.45) is 16.6. The number of amides is 2. The molecule has 0 fully saturated rings. The molecule has 48 heavy (non-hydrogen) atoms. The highest BCUT2D eigenvalue weighted by Gasteiger charge is 2.40. The molecule has 1 aromatic rings. The Morgan fingerprint density at radius 3 is 2.10 bits per heavy atom. The van der Waals surface area contributed by atoms with E-state index in [9.17, 15) is 25.4 Å². The molecule has 0 aliphatic carbocycles. The maximum atomic E-state index is 13.8. The van der Waals surface area contributed by atoms with Crippen molar-refractivity contribution in [2.45, 2.75) is 125 Å². The maximum absolute atomic E-state index is 13.8. The second-order valence-corrected chi connectivity index (χ2v) is 12.5. The Hall–Kier alpha value is -4.35. The summed E-state index contributed by atoms with van der Waals surface area (Å²) in [6, 6.07) is 11.7. The molecule has 0 bridgehead atoms. The standard InChI is InChI=1S/C40H55N5O3/c1-6-11-15-16-17-19-38(46)45-39(33(27-41)28-42)36(29-43)35(40(45)47)23-21-32-20-22-34(44(24-13-8-3)25-14-9-4)26-37(32)48-30-31(10-5)18-12-7-2/h20-23,26,31H,6-19,24-25,30H2,1-5H3/b23-21+. The largest absolute Gasteiger partial charge is 0.493 e. The normalized spacial score (nSPS) is 13.4. The van der Waals surface area contributed by atoms with E-state index in [0.29, 0.717) is 24.7 Å². The van der Waals surface area contributed by atoms with E-state index in [0.717, 1.165) is 106 Å². The number of ether oxygens (including phenoxy) is 1. The van der Waals surface area contributed by atoms with Crippen LogP contribution in [0.15, 0.2) is 46.7 Å². The number of anilines is 1. The Labute approximate surface area is 289 Å². The number of carbonyl (C=O) groups excluding carboxylic acids is 2. The van der Waals surface area contributed by atoms with Crippen molar-refractivity contribution in [2.24, 2.45) is 5.92 Å². The van der Waals surface area contributed by atoms with Gasteiger partial charge in [-0.2, -0.15) is 15.8 Å². The van der Waals surface area contributed by atoms with Crippen LogP contribution in [0.5, 0.6) is 5.75 Å². The Kier molecular flexibility index (Phi) is 18.5. The number of benzene rings is 1. The van der Waals surface area contributed by atoms with Crippen LogP contribution in [0.3, 0.4) is 0 Å². The summed E-state index contributed by atoms with van der Waals surface area (Å²) in [7, 11) is 0. The van der Waals surface area contributed by atoms with Crippen LogP contribution in [0.4, 0.5) is 5.69 Å². The predicted octanol–water partition coefficient (Wildman–Crippen LogP) is 9.55. The van der Waals surface area contributed by atoms with Crippen LogP contribution in [-0.2, 0) is 9.59 Å². The van der Waals surface area contributed by atoms with E-state index in [1.54, 1.807) is 18.2 Å². The topological polar surface area (TPSA) is 121 Å². The van der Waals surface area contributed by atoms with Gasteiger partial charge in [0.2, 0.25) is 5.91 Å². The summed E-state index contributed by atoms with van der Waals surface area (Å²) in [5.41, 5.74) is 0.984. The minimum absolute atomic E-state index is 0.0215. The van der Waals surface area contributed by atoms with E-state index in [1.165, 1.54) is 6.08 Å². The van der Waals surface area contributed by atoms with Crippen molar-refractivity contribution in [3.8, 4) is 24.0 Å². The zero-order chi connectivity index (χ0) is 35.3. The molecular weight excluding hydrogens is 598 g/mol. The third-order valence-electron chi connectivity index (χ3n) is 8.85. The van der Waals surface area contributed by atoms with Gasteiger partial charge in [-0.15, -0.1) is 0 Å². The van der Waals surface area contributed by atoms with Crippen LogP contribution in [0, 0.1) is 39.9 Å². The summed E-state index contributed by atoms with van der Waals surface area (Å²) in [5.74, 6) is -0.118. The molecule has 2 amide bonds. The van der Waals surface area contributed by atoms with E-state index >= 15 is 0 Å². The van der Waals surface area contributed by atoms with E-state index in [1.807, 2.05) is 12.1 Å². The van der Waals surface area contributed by atoms with Crippen LogP contribution in [-0.4, -0.2) is 36.4 Å². The van der Waals surface area contributed by atoms with Gasteiger partial charge in [-0.25, -0.2) is 4.90 Å². The third-order valence-corrected chi connectivity index (χ3v) is 8.85. The number of nitriles is 3. The monoisotopic (exact) mass is 653 g/mol. The van der Waals surface area contributed by atoms with Gasteiger partial charge in [-0.3, -0.25) is 9.59 Å². The second kappa shape index (κ2) is 22.3. The van der Waals surface area contributed by atoms with Crippen molar-refractivity contribution in [3.05, 3.63) is 52.3 Å². The summed E-state index contributed by atoms with van der Waals surface area (Å²) in [4.78, 5) is 30.4. The van der Waals surface area contributed by atoms with Crippen LogP contribution >= 0.6 is 0 Å². The summed E-state index contributed by atoms with van der Waals surface area (Å²) >= 11 is 0. The average Bonchev–Trinajstić information content (AvgIpc) is 3.38. The third kappa shape index (κ3) is 11.4. The molecule has 1 aliphatic heterocycles. The molecule has 0 saturated heterocycles. The highest BCUT2D eigenvalue weighted by atomic mass is 16.5. The number of imide groups is 1. The average molecular weight is 654 g/mol. The number of carbonyl (C=O) groups is 2. The Balaban J connectivity index is 2.56. The van der Waals surface area contributed by atoms with Gasteiger partial charge < -0.3 is 9.64 Å². The van der Waals surface area contributed by atoms with Crippen LogP contribution in [0.25, 0.3) is 6.08 Å². The van der Waals surface area contributed by atoms with Crippen molar-refractivity contribution >= 4 is 23.6 Å². The van der Waals surface area contributed by atoms with Gasteiger partial charge in [0.15, 0.2) is 5.57 Å². The molecule has 8 nitrogen and oxygen atoms in total. The van der Waals surface area contributed by atoms with Crippen molar-refractivity contribution in [3.63, 3.8) is 0 Å². The van der Waals surface area contributed by atoms with Gasteiger partial charge >= 0.3 is 0 Å².